The third kappa shape index (κ3) is 2.24. The first-order valence-electron chi connectivity index (χ1n) is 3.72. The lowest BCUT2D eigenvalue weighted by molar-refractivity contribution is 0.151. The Bertz CT molecular complexity index is 323. The van der Waals surface area contributed by atoms with Crippen LogP contribution < -0.4 is 0 Å². The molecule has 0 unspecified atom stereocenters. The Kier molecular flexibility index (Phi) is 2.95. The molecule has 0 saturated heterocycles. The number of hydrogen-bond acceptors (Lipinski definition) is 2. The molecule has 0 aliphatic carbocycles. The lowest BCUT2D eigenvalue weighted by Gasteiger charge is -2.02. The highest BCUT2D eigenvalue weighted by atomic mass is 19.3. The minimum absolute atomic E-state index is 0.0690. The van der Waals surface area contributed by atoms with Crippen molar-refractivity contribution in [3.8, 4) is 0 Å². The van der Waals surface area contributed by atoms with Crippen molar-refractivity contribution in [1.82, 2.24) is 0 Å². The van der Waals surface area contributed by atoms with Gasteiger partial charge in [0.05, 0.1) is 5.71 Å². The molecular weight excluding hydrogens is 176 g/mol. The van der Waals surface area contributed by atoms with E-state index in [-0.39, 0.29) is 5.56 Å². The van der Waals surface area contributed by atoms with Gasteiger partial charge in [0.2, 0.25) is 0 Å². The molecule has 0 saturated carbocycles. The summed E-state index contributed by atoms with van der Waals surface area (Å²) in [6.45, 7) is 1.55. The van der Waals surface area contributed by atoms with Crippen LogP contribution in [0.3, 0.4) is 0 Å². The second kappa shape index (κ2) is 3.98. The number of nitrogens with zero attached hydrogens (tertiary/aromatic N) is 1. The highest BCUT2D eigenvalue weighted by Crippen LogP contribution is 2.19. The minimum atomic E-state index is -2.49. The Hall–Kier alpha value is -1.45. The molecule has 1 rings (SSSR count). The van der Waals surface area contributed by atoms with Crippen LogP contribution >= 0.6 is 0 Å². The molecule has 0 aliphatic heterocycles. The molecule has 0 fully saturated rings. The van der Waals surface area contributed by atoms with E-state index in [0.29, 0.717) is 11.3 Å². The number of oxime groups is 1. The first kappa shape index (κ1) is 9.64. The minimum Gasteiger partial charge on any atom is -0.411 e. The van der Waals surface area contributed by atoms with Gasteiger partial charge in [0.15, 0.2) is 0 Å². The molecule has 13 heavy (non-hydrogen) atoms. The molecule has 0 radical (unpaired) electrons. The lowest BCUT2D eigenvalue weighted by atomic mass is 10.1. The van der Waals surface area contributed by atoms with Crippen LogP contribution in [0.25, 0.3) is 0 Å². The van der Waals surface area contributed by atoms with E-state index < -0.39 is 6.43 Å². The summed E-state index contributed by atoms with van der Waals surface area (Å²) in [6, 6.07) is 5.75. The highest BCUT2D eigenvalue weighted by Gasteiger charge is 2.07. The fourth-order valence-electron chi connectivity index (χ4n) is 0.957. The second-order valence-electron chi connectivity index (χ2n) is 2.61. The van der Waals surface area contributed by atoms with E-state index in [2.05, 4.69) is 5.16 Å². The summed E-state index contributed by atoms with van der Waals surface area (Å²) >= 11 is 0. The predicted molar refractivity (Wildman–Crippen MR) is 45.4 cm³/mol. The molecule has 1 aromatic rings. The fourth-order valence-corrected chi connectivity index (χ4v) is 0.957. The predicted octanol–water partition coefficient (Wildman–Crippen LogP) is 2.82. The van der Waals surface area contributed by atoms with E-state index in [1.807, 2.05) is 0 Å². The molecule has 70 valence electrons. The van der Waals surface area contributed by atoms with Gasteiger partial charge in [-0.3, -0.25) is 0 Å². The molecule has 0 spiro atoms. The average Bonchev–Trinajstić information content (AvgIpc) is 2.17. The van der Waals surface area contributed by atoms with Crippen LogP contribution in [-0.2, 0) is 0 Å². The molecular formula is C9H9F2NO. The monoisotopic (exact) mass is 185 g/mol. The van der Waals surface area contributed by atoms with Crippen LogP contribution in [0.5, 0.6) is 0 Å². The topological polar surface area (TPSA) is 32.6 Å². The zero-order chi connectivity index (χ0) is 9.84. The zero-order valence-electron chi connectivity index (χ0n) is 7.04. The van der Waals surface area contributed by atoms with Gasteiger partial charge in [-0.2, -0.15) is 0 Å². The highest BCUT2D eigenvalue weighted by molar-refractivity contribution is 5.98. The zero-order valence-corrected chi connectivity index (χ0v) is 7.04. The van der Waals surface area contributed by atoms with E-state index in [9.17, 15) is 8.78 Å². The molecule has 0 amide bonds. The maximum Gasteiger partial charge on any atom is 0.263 e. The molecule has 0 atom stereocenters. The van der Waals surface area contributed by atoms with Gasteiger partial charge in [-0.05, 0) is 18.6 Å². The van der Waals surface area contributed by atoms with Crippen molar-refractivity contribution in [1.29, 1.82) is 0 Å². The summed E-state index contributed by atoms with van der Waals surface area (Å²) in [5, 5.41) is 11.3. The Morgan fingerprint density at radius 2 is 2.15 bits per heavy atom. The number of halogens is 2. The van der Waals surface area contributed by atoms with Gasteiger partial charge in [0.25, 0.3) is 6.43 Å². The first-order valence-corrected chi connectivity index (χ1v) is 3.72. The van der Waals surface area contributed by atoms with Crippen LogP contribution in [0.4, 0.5) is 8.78 Å². The molecule has 0 heterocycles. The standard InChI is InChI=1S/C9H9F2NO/c1-6(12-13)7-3-2-4-8(5-7)9(10)11/h2-5,9,13H,1H3/b12-6-. The van der Waals surface area contributed by atoms with E-state index in [1.54, 1.807) is 13.0 Å². The fraction of sp³-hybridized carbons (Fsp3) is 0.222. The van der Waals surface area contributed by atoms with Crippen LogP contribution in [0, 0.1) is 0 Å². The van der Waals surface area contributed by atoms with E-state index in [1.165, 1.54) is 18.2 Å². The average molecular weight is 185 g/mol. The van der Waals surface area contributed by atoms with E-state index in [4.69, 9.17) is 5.21 Å². The summed E-state index contributed by atoms with van der Waals surface area (Å²) in [6.07, 6.45) is -2.49. The van der Waals surface area contributed by atoms with E-state index >= 15 is 0 Å². The van der Waals surface area contributed by atoms with Gasteiger partial charge in [0, 0.05) is 5.56 Å². The smallest absolute Gasteiger partial charge is 0.263 e. The second-order valence-corrected chi connectivity index (χ2v) is 2.61. The van der Waals surface area contributed by atoms with Gasteiger partial charge in [0.1, 0.15) is 0 Å². The third-order valence-electron chi connectivity index (χ3n) is 1.71. The van der Waals surface area contributed by atoms with Crippen LogP contribution in [0.2, 0.25) is 0 Å². The number of rotatable bonds is 2. The van der Waals surface area contributed by atoms with Crippen molar-refractivity contribution < 1.29 is 14.0 Å². The Labute approximate surface area is 74.5 Å². The maximum atomic E-state index is 12.2. The van der Waals surface area contributed by atoms with Crippen molar-refractivity contribution in [3.05, 3.63) is 35.4 Å². The third-order valence-corrected chi connectivity index (χ3v) is 1.71. The Balaban J connectivity index is 3.05. The lowest BCUT2D eigenvalue weighted by Crippen LogP contribution is -1.95. The molecule has 0 aromatic heterocycles. The number of benzene rings is 1. The van der Waals surface area contributed by atoms with Crippen LogP contribution in [-0.4, -0.2) is 10.9 Å². The number of alkyl halides is 2. The SMILES string of the molecule is C/C(=N/O)c1cccc(C(F)F)c1. The van der Waals surface area contributed by atoms with Gasteiger partial charge in [-0.15, -0.1) is 0 Å². The first-order chi connectivity index (χ1) is 6.15. The Morgan fingerprint density at radius 1 is 1.46 bits per heavy atom. The molecule has 0 aliphatic rings. The largest absolute Gasteiger partial charge is 0.411 e. The Morgan fingerprint density at radius 3 is 2.69 bits per heavy atom. The van der Waals surface area contributed by atoms with Crippen molar-refractivity contribution in [2.24, 2.45) is 5.16 Å². The summed E-state index contributed by atoms with van der Waals surface area (Å²) in [5.74, 6) is 0. The quantitative estimate of drug-likeness (QED) is 0.429. The van der Waals surface area contributed by atoms with Crippen LogP contribution in [0.1, 0.15) is 24.5 Å². The van der Waals surface area contributed by atoms with Crippen LogP contribution in [0.15, 0.2) is 29.4 Å². The molecule has 4 heteroatoms. The van der Waals surface area contributed by atoms with E-state index in [0.717, 1.165) is 0 Å². The van der Waals surface area contributed by atoms with Gasteiger partial charge in [-0.25, -0.2) is 8.78 Å². The van der Waals surface area contributed by atoms with Gasteiger partial charge in [-0.1, -0.05) is 23.4 Å². The maximum absolute atomic E-state index is 12.2. The summed E-state index contributed by atoms with van der Waals surface area (Å²) < 4.78 is 24.4. The van der Waals surface area contributed by atoms with Crippen molar-refractivity contribution in [2.45, 2.75) is 13.3 Å². The summed E-state index contributed by atoms with van der Waals surface area (Å²) in [5.41, 5.74) is 0.753. The summed E-state index contributed by atoms with van der Waals surface area (Å²) in [4.78, 5) is 0. The summed E-state index contributed by atoms with van der Waals surface area (Å²) in [7, 11) is 0. The molecule has 2 nitrogen and oxygen atoms in total. The molecule has 1 N–H and O–H groups in total. The van der Waals surface area contributed by atoms with Gasteiger partial charge < -0.3 is 5.21 Å². The molecule has 0 bridgehead atoms. The van der Waals surface area contributed by atoms with Crippen molar-refractivity contribution in [2.75, 3.05) is 0 Å². The number of hydrogen-bond donors (Lipinski definition) is 1. The van der Waals surface area contributed by atoms with Gasteiger partial charge >= 0.3 is 0 Å². The normalized spacial score (nSPS) is 12.2. The van der Waals surface area contributed by atoms with Crippen molar-refractivity contribution >= 4 is 5.71 Å². The molecule has 1 aromatic carbocycles. The van der Waals surface area contributed by atoms with Crippen molar-refractivity contribution in [3.63, 3.8) is 0 Å².